The zero-order valence-corrected chi connectivity index (χ0v) is 12.6. The van der Waals surface area contributed by atoms with Gasteiger partial charge in [-0.15, -0.1) is 0 Å². The third kappa shape index (κ3) is 2.68. The Bertz CT molecular complexity index is 677. The summed E-state index contributed by atoms with van der Waals surface area (Å²) >= 11 is 1.89. The number of nitro groups is 1. The molecule has 1 aromatic carbocycles. The van der Waals surface area contributed by atoms with Gasteiger partial charge in [0.2, 0.25) is 0 Å². The molecular weight excluding hydrogens is 286 g/mol. The number of pyridine rings is 1. The zero-order valence-electron chi connectivity index (χ0n) is 11.8. The molecular formula is C15H17N3O2S. The molecule has 1 aromatic heterocycles. The van der Waals surface area contributed by atoms with Crippen molar-refractivity contribution in [3.05, 3.63) is 40.6 Å². The Labute approximate surface area is 127 Å². The molecule has 1 aliphatic carbocycles. The zero-order chi connectivity index (χ0) is 14.8. The predicted molar refractivity (Wildman–Crippen MR) is 87.0 cm³/mol. The van der Waals surface area contributed by atoms with Crippen molar-refractivity contribution >= 4 is 34.0 Å². The van der Waals surface area contributed by atoms with Crippen LogP contribution in [0.2, 0.25) is 0 Å². The average molecular weight is 303 g/mol. The summed E-state index contributed by atoms with van der Waals surface area (Å²) in [6.07, 6.45) is 7.37. The Morgan fingerprint density at radius 3 is 3.00 bits per heavy atom. The smallest absolute Gasteiger partial charge is 0.295 e. The first kappa shape index (κ1) is 14.1. The Morgan fingerprint density at radius 1 is 1.38 bits per heavy atom. The number of hydrogen-bond donors (Lipinski definition) is 1. The Hall–Kier alpha value is -1.82. The highest BCUT2D eigenvalue weighted by Crippen LogP contribution is 2.34. The fourth-order valence-electron chi connectivity index (χ4n) is 3.01. The third-order valence-corrected chi connectivity index (χ3v) is 5.21. The number of para-hydroxylation sites is 1. The lowest BCUT2D eigenvalue weighted by atomic mass is 10.1. The van der Waals surface area contributed by atoms with Gasteiger partial charge in [-0.05, 0) is 25.2 Å². The van der Waals surface area contributed by atoms with Gasteiger partial charge in [-0.25, -0.2) is 4.98 Å². The molecule has 0 amide bonds. The number of non-ortho nitro benzene ring substituents is 1. The molecule has 1 fully saturated rings. The summed E-state index contributed by atoms with van der Waals surface area (Å²) in [5.74, 6) is 0. The van der Waals surface area contributed by atoms with Crippen molar-refractivity contribution in [3.8, 4) is 0 Å². The maximum Gasteiger partial charge on any atom is 0.295 e. The van der Waals surface area contributed by atoms with Crippen molar-refractivity contribution in [2.75, 3.05) is 11.6 Å². The number of nitrogens with zero attached hydrogens (tertiary/aromatic N) is 2. The molecule has 6 heteroatoms. The summed E-state index contributed by atoms with van der Waals surface area (Å²) in [4.78, 5) is 14.9. The van der Waals surface area contributed by atoms with Gasteiger partial charge >= 0.3 is 0 Å². The quantitative estimate of drug-likeness (QED) is 0.686. The number of anilines is 1. The minimum atomic E-state index is -0.376. The molecule has 21 heavy (non-hydrogen) atoms. The molecule has 2 atom stereocenters. The third-order valence-electron chi connectivity index (χ3n) is 4.04. The van der Waals surface area contributed by atoms with Crippen LogP contribution >= 0.6 is 11.8 Å². The second-order valence-electron chi connectivity index (χ2n) is 5.24. The average Bonchev–Trinajstić information content (AvgIpc) is 2.94. The molecule has 1 aliphatic rings. The number of hydrogen-bond acceptors (Lipinski definition) is 5. The fourth-order valence-corrected chi connectivity index (χ4v) is 3.94. The fraction of sp³-hybridized carbons (Fsp3) is 0.400. The Balaban J connectivity index is 1.99. The highest BCUT2D eigenvalue weighted by Gasteiger charge is 2.27. The van der Waals surface area contributed by atoms with Crippen molar-refractivity contribution in [2.24, 2.45) is 0 Å². The molecule has 0 aliphatic heterocycles. The topological polar surface area (TPSA) is 68.1 Å². The van der Waals surface area contributed by atoms with Crippen LogP contribution in [0, 0.1) is 10.1 Å². The molecule has 1 saturated carbocycles. The molecule has 110 valence electrons. The van der Waals surface area contributed by atoms with E-state index >= 15 is 0 Å². The number of aromatic nitrogens is 1. The molecule has 5 nitrogen and oxygen atoms in total. The SMILES string of the molecule is CSC1CCCC1Nc1ccnc2c([N+](=O)[O-])cccc12. The van der Waals surface area contributed by atoms with Crippen LogP contribution in [0.1, 0.15) is 19.3 Å². The van der Waals surface area contributed by atoms with Gasteiger partial charge in [0.05, 0.1) is 4.92 Å². The van der Waals surface area contributed by atoms with E-state index in [1.807, 2.05) is 23.9 Å². The van der Waals surface area contributed by atoms with Crippen molar-refractivity contribution in [3.63, 3.8) is 0 Å². The minimum absolute atomic E-state index is 0.0592. The van der Waals surface area contributed by atoms with Crippen LogP contribution in [0.4, 0.5) is 11.4 Å². The van der Waals surface area contributed by atoms with Crippen molar-refractivity contribution < 1.29 is 4.92 Å². The summed E-state index contributed by atoms with van der Waals surface area (Å²) in [5, 5.41) is 16.1. The predicted octanol–water partition coefficient (Wildman–Crippen LogP) is 3.84. The number of rotatable bonds is 4. The lowest BCUT2D eigenvalue weighted by Crippen LogP contribution is -2.25. The lowest BCUT2D eigenvalue weighted by molar-refractivity contribution is -0.383. The van der Waals surface area contributed by atoms with Crippen LogP contribution in [0.15, 0.2) is 30.5 Å². The molecule has 2 aromatic rings. The summed E-state index contributed by atoms with van der Waals surface area (Å²) in [6, 6.07) is 7.43. The number of thioether (sulfide) groups is 1. The van der Waals surface area contributed by atoms with Gasteiger partial charge < -0.3 is 5.32 Å². The molecule has 2 unspecified atom stereocenters. The van der Waals surface area contributed by atoms with Crippen molar-refractivity contribution in [2.45, 2.75) is 30.6 Å². The highest BCUT2D eigenvalue weighted by atomic mass is 32.2. The second-order valence-corrected chi connectivity index (χ2v) is 6.32. The van der Waals surface area contributed by atoms with Gasteiger partial charge in [-0.3, -0.25) is 10.1 Å². The summed E-state index contributed by atoms with van der Waals surface area (Å²) in [6.45, 7) is 0. The molecule has 1 heterocycles. The van der Waals surface area contributed by atoms with Crippen LogP contribution in [-0.4, -0.2) is 27.5 Å². The van der Waals surface area contributed by atoms with Crippen LogP contribution < -0.4 is 5.32 Å². The van der Waals surface area contributed by atoms with E-state index in [1.54, 1.807) is 12.3 Å². The Morgan fingerprint density at radius 2 is 2.24 bits per heavy atom. The van der Waals surface area contributed by atoms with E-state index in [4.69, 9.17) is 0 Å². The normalized spacial score (nSPS) is 21.6. The number of fused-ring (bicyclic) bond motifs is 1. The maximum atomic E-state index is 11.1. The highest BCUT2D eigenvalue weighted by molar-refractivity contribution is 7.99. The van der Waals surface area contributed by atoms with Crippen LogP contribution in [0.25, 0.3) is 10.9 Å². The van der Waals surface area contributed by atoms with E-state index in [1.165, 1.54) is 18.9 Å². The molecule has 0 saturated heterocycles. The summed E-state index contributed by atoms with van der Waals surface area (Å²) < 4.78 is 0. The maximum absolute atomic E-state index is 11.1. The van der Waals surface area contributed by atoms with Crippen LogP contribution in [0.5, 0.6) is 0 Å². The summed E-state index contributed by atoms with van der Waals surface area (Å²) in [5.41, 5.74) is 1.45. The molecule has 3 rings (SSSR count). The molecule has 0 bridgehead atoms. The van der Waals surface area contributed by atoms with E-state index in [2.05, 4.69) is 16.6 Å². The first-order valence-corrected chi connectivity index (χ1v) is 8.31. The molecule has 0 spiro atoms. The molecule has 0 radical (unpaired) electrons. The van der Waals surface area contributed by atoms with E-state index in [-0.39, 0.29) is 10.6 Å². The van der Waals surface area contributed by atoms with Gasteiger partial charge in [-0.1, -0.05) is 18.6 Å². The number of nitro benzene ring substituents is 1. The van der Waals surface area contributed by atoms with Gasteiger partial charge in [0.1, 0.15) is 5.52 Å². The first-order valence-electron chi connectivity index (χ1n) is 7.02. The monoisotopic (exact) mass is 303 g/mol. The lowest BCUT2D eigenvalue weighted by Gasteiger charge is -2.21. The van der Waals surface area contributed by atoms with E-state index in [0.717, 1.165) is 17.5 Å². The summed E-state index contributed by atoms with van der Waals surface area (Å²) in [7, 11) is 0. The van der Waals surface area contributed by atoms with Gasteiger partial charge in [0.15, 0.2) is 0 Å². The minimum Gasteiger partial charge on any atom is -0.381 e. The number of nitrogens with one attached hydrogen (secondary N) is 1. The molecule has 1 N–H and O–H groups in total. The number of benzene rings is 1. The van der Waals surface area contributed by atoms with E-state index < -0.39 is 0 Å². The van der Waals surface area contributed by atoms with Crippen molar-refractivity contribution in [1.29, 1.82) is 0 Å². The Kier molecular flexibility index (Phi) is 3.96. The second kappa shape index (κ2) is 5.89. The van der Waals surface area contributed by atoms with E-state index in [0.29, 0.717) is 16.8 Å². The van der Waals surface area contributed by atoms with Crippen LogP contribution in [-0.2, 0) is 0 Å². The van der Waals surface area contributed by atoms with E-state index in [9.17, 15) is 10.1 Å². The van der Waals surface area contributed by atoms with Gasteiger partial charge in [0.25, 0.3) is 5.69 Å². The standard InChI is InChI=1S/C15H17N3O2S/c1-21-14-7-3-5-12(14)17-11-8-9-16-15-10(11)4-2-6-13(15)18(19)20/h2,4,6,8-9,12,14H,3,5,7H2,1H3,(H,16,17). The van der Waals surface area contributed by atoms with Gasteiger partial charge in [0, 0.05) is 34.6 Å². The van der Waals surface area contributed by atoms with Crippen LogP contribution in [0.3, 0.4) is 0 Å². The first-order chi connectivity index (χ1) is 10.2. The largest absolute Gasteiger partial charge is 0.381 e. The van der Waals surface area contributed by atoms with Gasteiger partial charge in [-0.2, -0.15) is 11.8 Å². The van der Waals surface area contributed by atoms with Crippen molar-refractivity contribution in [1.82, 2.24) is 4.98 Å².